The van der Waals surface area contributed by atoms with Gasteiger partial charge in [-0.2, -0.15) is 0 Å². The summed E-state index contributed by atoms with van der Waals surface area (Å²) in [4.78, 5) is 6.55. The Kier molecular flexibility index (Phi) is 3.77. The SMILES string of the molecule is CCC1(N)C=C(N2CCCC(NC)C2)NC(N)=N1. The summed E-state index contributed by atoms with van der Waals surface area (Å²) in [7, 11) is 2.01. The van der Waals surface area contributed by atoms with Crippen molar-refractivity contribution in [2.75, 3.05) is 20.1 Å². The molecular formula is C12H24N6. The molecule has 2 atom stereocenters. The van der Waals surface area contributed by atoms with Gasteiger partial charge in [-0.05, 0) is 32.4 Å². The number of likely N-dealkylation sites (N-methyl/N-ethyl adjacent to an activating group) is 1. The van der Waals surface area contributed by atoms with Crippen LogP contribution < -0.4 is 22.1 Å². The predicted molar refractivity (Wildman–Crippen MR) is 73.7 cm³/mol. The van der Waals surface area contributed by atoms with Crippen LogP contribution in [0.1, 0.15) is 26.2 Å². The topological polar surface area (TPSA) is 91.7 Å². The lowest BCUT2D eigenvalue weighted by Gasteiger charge is -2.38. The van der Waals surface area contributed by atoms with Crippen molar-refractivity contribution in [1.82, 2.24) is 15.5 Å². The van der Waals surface area contributed by atoms with Gasteiger partial charge in [0, 0.05) is 19.1 Å². The van der Waals surface area contributed by atoms with Gasteiger partial charge in [0.25, 0.3) is 0 Å². The lowest BCUT2D eigenvalue weighted by atomic mass is 10.0. The van der Waals surface area contributed by atoms with Crippen molar-refractivity contribution in [1.29, 1.82) is 0 Å². The lowest BCUT2D eigenvalue weighted by Crippen LogP contribution is -2.53. The third-order valence-corrected chi connectivity index (χ3v) is 3.71. The molecular weight excluding hydrogens is 228 g/mol. The summed E-state index contributed by atoms with van der Waals surface area (Å²) in [6.45, 7) is 4.02. The van der Waals surface area contributed by atoms with E-state index in [-0.39, 0.29) is 0 Å². The van der Waals surface area contributed by atoms with Crippen LogP contribution in [-0.2, 0) is 0 Å². The van der Waals surface area contributed by atoms with E-state index in [4.69, 9.17) is 11.5 Å². The van der Waals surface area contributed by atoms with Gasteiger partial charge in [-0.25, -0.2) is 4.99 Å². The zero-order valence-corrected chi connectivity index (χ0v) is 11.2. The van der Waals surface area contributed by atoms with E-state index in [0.29, 0.717) is 12.0 Å². The number of aliphatic imine (C=N–C) groups is 1. The molecule has 2 heterocycles. The molecule has 0 aromatic carbocycles. The Bertz CT molecular complexity index is 364. The average molecular weight is 252 g/mol. The van der Waals surface area contributed by atoms with Crippen molar-refractivity contribution in [3.8, 4) is 0 Å². The summed E-state index contributed by atoms with van der Waals surface area (Å²) in [6.07, 6.45) is 5.11. The van der Waals surface area contributed by atoms with E-state index in [1.54, 1.807) is 0 Å². The van der Waals surface area contributed by atoms with E-state index in [0.717, 1.165) is 25.3 Å². The predicted octanol–water partition coefficient (Wildman–Crippen LogP) is -0.505. The Morgan fingerprint density at radius 2 is 2.44 bits per heavy atom. The van der Waals surface area contributed by atoms with Crippen molar-refractivity contribution < 1.29 is 0 Å². The lowest BCUT2D eigenvalue weighted by molar-refractivity contribution is 0.229. The zero-order chi connectivity index (χ0) is 13.2. The van der Waals surface area contributed by atoms with E-state index in [1.807, 2.05) is 20.0 Å². The molecule has 6 nitrogen and oxygen atoms in total. The van der Waals surface area contributed by atoms with Gasteiger partial charge < -0.3 is 27.0 Å². The number of rotatable bonds is 3. The standard InChI is InChI=1S/C12H24N6/c1-3-12(14)7-10(16-11(13)17-12)18-6-4-5-9(8-18)15-2/h7,9,15H,3-6,8,14H2,1-2H3,(H3,13,16,17). The molecule has 6 N–H and O–H groups in total. The highest BCUT2D eigenvalue weighted by atomic mass is 15.3. The number of hydrogen-bond acceptors (Lipinski definition) is 6. The Morgan fingerprint density at radius 1 is 1.67 bits per heavy atom. The largest absolute Gasteiger partial charge is 0.370 e. The zero-order valence-electron chi connectivity index (χ0n) is 11.2. The van der Waals surface area contributed by atoms with Crippen LogP contribution in [0.3, 0.4) is 0 Å². The number of piperidine rings is 1. The summed E-state index contributed by atoms with van der Waals surface area (Å²) < 4.78 is 0. The van der Waals surface area contributed by atoms with E-state index in [2.05, 4.69) is 20.5 Å². The molecule has 0 radical (unpaired) electrons. The van der Waals surface area contributed by atoms with Gasteiger partial charge in [0.05, 0.1) is 0 Å². The first-order chi connectivity index (χ1) is 8.56. The number of guanidine groups is 1. The molecule has 1 saturated heterocycles. The molecule has 0 aromatic rings. The fourth-order valence-electron chi connectivity index (χ4n) is 2.47. The maximum absolute atomic E-state index is 6.19. The van der Waals surface area contributed by atoms with Crippen LogP contribution in [0.15, 0.2) is 16.9 Å². The number of likely N-dealkylation sites (tertiary alicyclic amines) is 1. The molecule has 0 bridgehead atoms. The minimum atomic E-state index is -0.669. The monoisotopic (exact) mass is 252 g/mol. The second kappa shape index (κ2) is 5.16. The van der Waals surface area contributed by atoms with Crippen LogP contribution in [0.4, 0.5) is 0 Å². The van der Waals surface area contributed by atoms with Crippen LogP contribution in [0.2, 0.25) is 0 Å². The van der Waals surface area contributed by atoms with Crippen molar-refractivity contribution in [3.05, 3.63) is 11.9 Å². The summed E-state index contributed by atoms with van der Waals surface area (Å²) in [5, 5.41) is 6.46. The molecule has 2 aliphatic rings. The van der Waals surface area contributed by atoms with Crippen molar-refractivity contribution >= 4 is 5.96 Å². The molecule has 1 fully saturated rings. The quantitative estimate of drug-likeness (QED) is 0.543. The average Bonchev–Trinajstić information content (AvgIpc) is 2.38. The van der Waals surface area contributed by atoms with Gasteiger partial charge >= 0.3 is 0 Å². The fraction of sp³-hybridized carbons (Fsp3) is 0.750. The highest BCUT2D eigenvalue weighted by Gasteiger charge is 2.28. The normalized spacial score (nSPS) is 32.6. The molecule has 102 valence electrons. The summed E-state index contributed by atoms with van der Waals surface area (Å²) >= 11 is 0. The van der Waals surface area contributed by atoms with Gasteiger partial charge in [0.2, 0.25) is 0 Å². The van der Waals surface area contributed by atoms with Crippen LogP contribution in [-0.4, -0.2) is 42.7 Å². The molecule has 6 heteroatoms. The summed E-state index contributed by atoms with van der Waals surface area (Å²) in [5.74, 6) is 1.40. The molecule has 0 aromatic heterocycles. The molecule has 18 heavy (non-hydrogen) atoms. The van der Waals surface area contributed by atoms with Crippen LogP contribution in [0, 0.1) is 0 Å². The first-order valence-electron chi connectivity index (χ1n) is 6.62. The fourth-order valence-corrected chi connectivity index (χ4v) is 2.47. The van der Waals surface area contributed by atoms with E-state index in [9.17, 15) is 0 Å². The number of nitrogens with two attached hydrogens (primary N) is 2. The summed E-state index contributed by atoms with van der Waals surface area (Å²) in [5.41, 5.74) is 11.3. The molecule has 2 unspecified atom stereocenters. The van der Waals surface area contributed by atoms with Gasteiger partial charge in [-0.1, -0.05) is 6.92 Å². The van der Waals surface area contributed by atoms with Crippen molar-refractivity contribution in [2.45, 2.75) is 37.9 Å². The highest BCUT2D eigenvalue weighted by Crippen LogP contribution is 2.20. The highest BCUT2D eigenvalue weighted by molar-refractivity contribution is 5.81. The van der Waals surface area contributed by atoms with Gasteiger partial charge in [0.1, 0.15) is 11.5 Å². The third kappa shape index (κ3) is 2.76. The molecule has 0 saturated carbocycles. The number of nitrogens with one attached hydrogen (secondary N) is 2. The maximum atomic E-state index is 6.19. The Morgan fingerprint density at radius 3 is 3.11 bits per heavy atom. The first-order valence-corrected chi connectivity index (χ1v) is 6.62. The smallest absolute Gasteiger partial charge is 0.196 e. The van der Waals surface area contributed by atoms with Crippen LogP contribution >= 0.6 is 0 Å². The second-order valence-electron chi connectivity index (χ2n) is 5.07. The molecule has 0 aliphatic carbocycles. The third-order valence-electron chi connectivity index (χ3n) is 3.71. The van der Waals surface area contributed by atoms with Crippen molar-refractivity contribution in [2.24, 2.45) is 16.5 Å². The van der Waals surface area contributed by atoms with E-state index < -0.39 is 5.66 Å². The minimum Gasteiger partial charge on any atom is -0.370 e. The number of hydrogen-bond donors (Lipinski definition) is 4. The second-order valence-corrected chi connectivity index (χ2v) is 5.07. The van der Waals surface area contributed by atoms with E-state index in [1.165, 1.54) is 12.8 Å². The minimum absolute atomic E-state index is 0.406. The Hall–Kier alpha value is -1.27. The van der Waals surface area contributed by atoms with Crippen LogP contribution in [0.25, 0.3) is 0 Å². The molecule has 0 spiro atoms. The Labute approximate surface area is 108 Å². The van der Waals surface area contributed by atoms with Crippen LogP contribution in [0.5, 0.6) is 0 Å². The van der Waals surface area contributed by atoms with Crippen molar-refractivity contribution in [3.63, 3.8) is 0 Å². The van der Waals surface area contributed by atoms with Gasteiger partial charge in [-0.3, -0.25) is 0 Å². The van der Waals surface area contributed by atoms with Gasteiger partial charge in [-0.15, -0.1) is 0 Å². The van der Waals surface area contributed by atoms with Gasteiger partial charge in [0.15, 0.2) is 5.96 Å². The number of nitrogens with zero attached hydrogens (tertiary/aromatic N) is 2. The molecule has 2 rings (SSSR count). The molecule has 0 amide bonds. The first kappa shape index (κ1) is 13.2. The molecule has 2 aliphatic heterocycles. The van der Waals surface area contributed by atoms with E-state index >= 15 is 0 Å². The summed E-state index contributed by atoms with van der Waals surface area (Å²) in [6, 6.07) is 0.523. The maximum Gasteiger partial charge on any atom is 0.196 e. The Balaban J connectivity index is 2.13.